The van der Waals surface area contributed by atoms with Gasteiger partial charge < -0.3 is 4.57 Å². The van der Waals surface area contributed by atoms with Crippen LogP contribution in [0.3, 0.4) is 0 Å². The second kappa shape index (κ2) is 5.55. The van der Waals surface area contributed by atoms with Crippen LogP contribution in [0.5, 0.6) is 0 Å². The Hall–Kier alpha value is -1.76. The van der Waals surface area contributed by atoms with E-state index >= 15 is 0 Å². The Morgan fingerprint density at radius 3 is 2.86 bits per heavy atom. The van der Waals surface area contributed by atoms with Crippen molar-refractivity contribution in [2.75, 3.05) is 5.75 Å². The molecule has 1 aliphatic rings. The highest BCUT2D eigenvalue weighted by Gasteiger charge is 2.29. The Bertz CT molecular complexity index is 698. The molecule has 1 aliphatic carbocycles. The first-order valence-corrected chi connectivity index (χ1v) is 7.55. The Kier molecular flexibility index (Phi) is 3.75. The van der Waals surface area contributed by atoms with Crippen LogP contribution in [0.4, 0.5) is 8.78 Å². The van der Waals surface area contributed by atoms with Gasteiger partial charge in [-0.05, 0) is 31.0 Å². The molecule has 21 heavy (non-hydrogen) atoms. The van der Waals surface area contributed by atoms with Gasteiger partial charge in [0.05, 0.1) is 11.3 Å². The second-order valence-corrected chi connectivity index (χ2v) is 5.95. The highest BCUT2D eigenvalue weighted by Crippen LogP contribution is 2.39. The highest BCUT2D eigenvalue weighted by molar-refractivity contribution is 7.99. The Labute approximate surface area is 124 Å². The van der Waals surface area contributed by atoms with Crippen LogP contribution in [0.15, 0.2) is 23.4 Å². The molecule has 1 heterocycles. The predicted octanol–water partition coefficient (Wildman–Crippen LogP) is 2.95. The Morgan fingerprint density at radius 1 is 1.38 bits per heavy atom. The summed E-state index contributed by atoms with van der Waals surface area (Å²) in [7, 11) is 1.85. The van der Waals surface area contributed by atoms with Crippen molar-refractivity contribution in [1.29, 1.82) is 0 Å². The average molecular weight is 309 g/mol. The third-order valence-electron chi connectivity index (χ3n) is 3.37. The molecule has 0 unspecified atom stereocenters. The van der Waals surface area contributed by atoms with Crippen LogP contribution < -0.4 is 0 Å². The van der Waals surface area contributed by atoms with E-state index in [0.717, 1.165) is 36.9 Å². The molecule has 4 nitrogen and oxygen atoms in total. The number of hydrogen-bond donors (Lipinski definition) is 0. The highest BCUT2D eigenvalue weighted by atomic mass is 32.2. The molecular formula is C14H13F2N3OS. The summed E-state index contributed by atoms with van der Waals surface area (Å²) in [5.41, 5.74) is -0.230. The molecule has 1 aromatic heterocycles. The number of hydrogen-bond acceptors (Lipinski definition) is 4. The minimum Gasteiger partial charge on any atom is -0.309 e. The molecule has 0 aliphatic heterocycles. The third-order valence-corrected chi connectivity index (χ3v) is 4.39. The lowest BCUT2D eigenvalue weighted by molar-refractivity contribution is 0.101. The van der Waals surface area contributed by atoms with Crippen molar-refractivity contribution in [1.82, 2.24) is 14.8 Å². The maximum absolute atomic E-state index is 13.5. The van der Waals surface area contributed by atoms with Crippen molar-refractivity contribution >= 4 is 17.5 Å². The maximum atomic E-state index is 13.5. The lowest BCUT2D eigenvalue weighted by Gasteiger charge is -2.04. The van der Waals surface area contributed by atoms with Gasteiger partial charge in [-0.3, -0.25) is 4.79 Å². The van der Waals surface area contributed by atoms with E-state index in [4.69, 9.17) is 0 Å². The molecule has 1 fully saturated rings. The number of carbonyl (C=O) groups is 1. The van der Waals surface area contributed by atoms with Crippen LogP contribution in [-0.2, 0) is 7.05 Å². The van der Waals surface area contributed by atoms with Crippen LogP contribution in [0, 0.1) is 11.6 Å². The fourth-order valence-electron chi connectivity index (χ4n) is 2.07. The third kappa shape index (κ3) is 2.97. The van der Waals surface area contributed by atoms with Gasteiger partial charge >= 0.3 is 0 Å². The van der Waals surface area contributed by atoms with Gasteiger partial charge in [-0.15, -0.1) is 10.2 Å². The molecule has 1 aromatic carbocycles. The van der Waals surface area contributed by atoms with Crippen molar-refractivity contribution in [3.8, 4) is 0 Å². The summed E-state index contributed by atoms with van der Waals surface area (Å²) in [6.07, 6.45) is 2.23. The molecule has 0 saturated heterocycles. The first-order valence-electron chi connectivity index (χ1n) is 6.56. The van der Waals surface area contributed by atoms with Crippen molar-refractivity contribution in [2.24, 2.45) is 7.05 Å². The zero-order valence-electron chi connectivity index (χ0n) is 11.3. The van der Waals surface area contributed by atoms with E-state index in [1.165, 1.54) is 11.8 Å². The number of nitrogens with zero attached hydrogens (tertiary/aromatic N) is 3. The normalized spacial score (nSPS) is 14.4. The van der Waals surface area contributed by atoms with Gasteiger partial charge in [0.25, 0.3) is 0 Å². The van der Waals surface area contributed by atoms with Gasteiger partial charge in [-0.25, -0.2) is 8.78 Å². The van der Waals surface area contributed by atoms with E-state index in [9.17, 15) is 13.6 Å². The fraction of sp³-hybridized carbons (Fsp3) is 0.357. The van der Waals surface area contributed by atoms with Crippen LogP contribution in [0.25, 0.3) is 0 Å². The number of ketones is 1. The number of aromatic nitrogens is 3. The fourth-order valence-corrected chi connectivity index (χ4v) is 2.87. The summed E-state index contributed by atoms with van der Waals surface area (Å²) < 4.78 is 28.5. The molecule has 1 saturated carbocycles. The molecule has 7 heteroatoms. The van der Waals surface area contributed by atoms with E-state index in [1.807, 2.05) is 11.6 Å². The first kappa shape index (κ1) is 14.2. The zero-order chi connectivity index (χ0) is 15.0. The molecule has 0 N–H and O–H groups in total. The van der Waals surface area contributed by atoms with Gasteiger partial charge in [-0.2, -0.15) is 0 Å². The lowest BCUT2D eigenvalue weighted by Crippen LogP contribution is -2.07. The van der Waals surface area contributed by atoms with E-state index < -0.39 is 17.4 Å². The van der Waals surface area contributed by atoms with E-state index in [-0.39, 0.29) is 11.3 Å². The predicted molar refractivity (Wildman–Crippen MR) is 74.4 cm³/mol. The summed E-state index contributed by atoms with van der Waals surface area (Å²) in [4.78, 5) is 12.0. The van der Waals surface area contributed by atoms with E-state index in [0.29, 0.717) is 11.1 Å². The molecule has 0 radical (unpaired) electrons. The zero-order valence-corrected chi connectivity index (χ0v) is 12.2. The SMILES string of the molecule is Cn1c(SCC(=O)c2cc(F)ccc2F)nnc1C1CC1. The van der Waals surface area contributed by atoms with Crippen molar-refractivity contribution in [3.63, 3.8) is 0 Å². The van der Waals surface area contributed by atoms with Gasteiger partial charge in [0.1, 0.15) is 17.5 Å². The molecule has 0 bridgehead atoms. The van der Waals surface area contributed by atoms with Crippen LogP contribution in [0.2, 0.25) is 0 Å². The number of rotatable bonds is 5. The van der Waals surface area contributed by atoms with Gasteiger partial charge in [0.2, 0.25) is 0 Å². The van der Waals surface area contributed by atoms with Crippen LogP contribution >= 0.6 is 11.8 Å². The van der Waals surface area contributed by atoms with Crippen molar-refractivity contribution < 1.29 is 13.6 Å². The van der Waals surface area contributed by atoms with Gasteiger partial charge in [0.15, 0.2) is 10.9 Å². The number of halogens is 2. The van der Waals surface area contributed by atoms with Crippen molar-refractivity contribution in [3.05, 3.63) is 41.2 Å². The standard InChI is InChI=1S/C14H13F2N3OS/c1-19-13(8-2-3-8)17-18-14(19)21-7-12(20)10-6-9(15)4-5-11(10)16/h4-6,8H,2-3,7H2,1H3. The minimum absolute atomic E-state index is 0.00296. The van der Waals surface area contributed by atoms with Crippen LogP contribution in [-0.4, -0.2) is 26.3 Å². The number of Topliss-reactive ketones (excluding diaryl/α,β-unsaturated/α-hetero) is 1. The summed E-state index contributed by atoms with van der Waals surface area (Å²) in [6.45, 7) is 0. The summed E-state index contributed by atoms with van der Waals surface area (Å²) >= 11 is 1.18. The topological polar surface area (TPSA) is 47.8 Å². The number of thioether (sulfide) groups is 1. The summed E-state index contributed by atoms with van der Waals surface area (Å²) in [5.74, 6) is -0.419. The number of carbonyl (C=O) groups excluding carboxylic acids is 1. The van der Waals surface area contributed by atoms with Gasteiger partial charge in [-0.1, -0.05) is 11.8 Å². The first-order chi connectivity index (χ1) is 10.1. The number of benzene rings is 1. The molecule has 0 atom stereocenters. The van der Waals surface area contributed by atoms with E-state index in [1.54, 1.807) is 0 Å². The molecule has 0 spiro atoms. The maximum Gasteiger partial charge on any atom is 0.191 e. The Balaban J connectivity index is 1.69. The summed E-state index contributed by atoms with van der Waals surface area (Å²) in [6, 6.07) is 2.87. The average Bonchev–Trinajstić information content (AvgIpc) is 3.23. The monoisotopic (exact) mass is 309 g/mol. The molecular weight excluding hydrogens is 296 g/mol. The molecule has 110 valence electrons. The van der Waals surface area contributed by atoms with Gasteiger partial charge in [0, 0.05) is 13.0 Å². The quantitative estimate of drug-likeness (QED) is 0.629. The smallest absolute Gasteiger partial charge is 0.191 e. The second-order valence-electron chi connectivity index (χ2n) is 5.01. The lowest BCUT2D eigenvalue weighted by atomic mass is 10.1. The summed E-state index contributed by atoms with van der Waals surface area (Å²) in [5, 5.41) is 8.76. The Morgan fingerprint density at radius 2 is 2.14 bits per heavy atom. The van der Waals surface area contributed by atoms with Crippen LogP contribution in [0.1, 0.15) is 34.9 Å². The molecule has 2 aromatic rings. The largest absolute Gasteiger partial charge is 0.309 e. The minimum atomic E-state index is -0.710. The molecule has 3 rings (SSSR count). The van der Waals surface area contributed by atoms with Crippen molar-refractivity contribution in [2.45, 2.75) is 23.9 Å². The molecule has 0 amide bonds. The van der Waals surface area contributed by atoms with E-state index in [2.05, 4.69) is 10.2 Å².